The molecule has 0 saturated heterocycles. The summed E-state index contributed by atoms with van der Waals surface area (Å²) in [6.45, 7) is 1.99. The van der Waals surface area contributed by atoms with Crippen LogP contribution in [0.2, 0.25) is 0 Å². The molecule has 0 aliphatic rings. The van der Waals surface area contributed by atoms with Gasteiger partial charge in [-0.2, -0.15) is 4.98 Å². The fourth-order valence-corrected chi connectivity index (χ4v) is 2.67. The lowest BCUT2D eigenvalue weighted by molar-refractivity contribution is 0.415. The van der Waals surface area contributed by atoms with Crippen molar-refractivity contribution < 1.29 is 9.26 Å². The second-order valence-corrected chi connectivity index (χ2v) is 5.57. The Morgan fingerprint density at radius 2 is 2.00 bits per heavy atom. The van der Waals surface area contributed by atoms with E-state index in [2.05, 4.69) is 10.1 Å². The third-order valence-corrected chi connectivity index (χ3v) is 3.77. The number of benzene rings is 1. The molecule has 0 spiro atoms. The van der Waals surface area contributed by atoms with Crippen LogP contribution in [-0.2, 0) is 0 Å². The average Bonchev–Trinajstić information content (AvgIpc) is 3.05. The van der Waals surface area contributed by atoms with Crippen LogP contribution in [0.15, 0.2) is 34.9 Å². The third-order valence-electron chi connectivity index (χ3n) is 2.89. The predicted molar refractivity (Wildman–Crippen MR) is 78.7 cm³/mol. The zero-order valence-electron chi connectivity index (χ0n) is 11.1. The van der Waals surface area contributed by atoms with Crippen molar-refractivity contribution in [2.75, 3.05) is 12.8 Å². The Bertz CT molecular complexity index is 731. The average molecular weight is 287 g/mol. The van der Waals surface area contributed by atoms with Crippen LogP contribution >= 0.6 is 11.3 Å². The van der Waals surface area contributed by atoms with E-state index < -0.39 is 0 Å². The highest BCUT2D eigenvalue weighted by Gasteiger charge is 2.15. The molecule has 0 aliphatic carbocycles. The minimum atomic E-state index is 0.442. The Hall–Kier alpha value is -2.34. The number of aromatic nitrogens is 2. The van der Waals surface area contributed by atoms with Crippen LogP contribution < -0.4 is 10.5 Å². The quantitative estimate of drug-likeness (QED) is 0.799. The number of aryl methyl sites for hydroxylation is 1. The maximum atomic E-state index is 5.93. The van der Waals surface area contributed by atoms with Gasteiger partial charge in [0, 0.05) is 10.4 Å². The SMILES string of the molecule is COc1ccc(-c2noc(-c3cc(C)sc3N)n2)cc1. The highest BCUT2D eigenvalue weighted by molar-refractivity contribution is 7.16. The number of ether oxygens (including phenoxy) is 1. The molecule has 1 aromatic carbocycles. The number of thiophene rings is 1. The third kappa shape index (κ3) is 2.25. The van der Waals surface area contributed by atoms with E-state index in [9.17, 15) is 0 Å². The van der Waals surface area contributed by atoms with E-state index >= 15 is 0 Å². The van der Waals surface area contributed by atoms with Crippen LogP contribution in [0.1, 0.15) is 4.88 Å². The first kappa shape index (κ1) is 12.7. The van der Waals surface area contributed by atoms with E-state index in [1.54, 1.807) is 7.11 Å². The maximum absolute atomic E-state index is 5.93. The summed E-state index contributed by atoms with van der Waals surface area (Å²) in [5, 5.41) is 4.68. The lowest BCUT2D eigenvalue weighted by atomic mass is 10.2. The second-order valence-electron chi connectivity index (χ2n) is 4.29. The molecule has 0 aliphatic heterocycles. The highest BCUT2D eigenvalue weighted by atomic mass is 32.1. The first-order valence-electron chi connectivity index (χ1n) is 6.02. The van der Waals surface area contributed by atoms with E-state index in [4.69, 9.17) is 15.0 Å². The summed E-state index contributed by atoms with van der Waals surface area (Å²) in [7, 11) is 1.63. The van der Waals surface area contributed by atoms with E-state index in [1.807, 2.05) is 37.3 Å². The van der Waals surface area contributed by atoms with Gasteiger partial charge in [-0.1, -0.05) is 5.16 Å². The normalized spacial score (nSPS) is 10.7. The van der Waals surface area contributed by atoms with Crippen LogP contribution in [0.25, 0.3) is 22.8 Å². The van der Waals surface area contributed by atoms with Gasteiger partial charge in [-0.15, -0.1) is 11.3 Å². The molecule has 2 heterocycles. The molecule has 0 atom stereocenters. The van der Waals surface area contributed by atoms with Gasteiger partial charge in [0.05, 0.1) is 17.7 Å². The molecule has 2 N–H and O–H groups in total. The van der Waals surface area contributed by atoms with Crippen LogP contribution in [0.3, 0.4) is 0 Å². The second kappa shape index (κ2) is 4.97. The lowest BCUT2D eigenvalue weighted by Gasteiger charge is -1.98. The fraction of sp³-hybridized carbons (Fsp3) is 0.143. The Morgan fingerprint density at radius 1 is 1.25 bits per heavy atom. The molecule has 0 radical (unpaired) electrons. The molecular weight excluding hydrogens is 274 g/mol. The van der Waals surface area contributed by atoms with Crippen LogP contribution in [0.5, 0.6) is 5.75 Å². The molecule has 0 fully saturated rings. The molecule has 3 rings (SSSR count). The van der Waals surface area contributed by atoms with E-state index in [-0.39, 0.29) is 0 Å². The highest BCUT2D eigenvalue weighted by Crippen LogP contribution is 2.33. The molecule has 0 unspecified atom stereocenters. The minimum Gasteiger partial charge on any atom is -0.497 e. The number of hydrogen-bond donors (Lipinski definition) is 1. The Kier molecular flexibility index (Phi) is 3.15. The summed E-state index contributed by atoms with van der Waals surface area (Å²) in [5.74, 6) is 1.76. The van der Waals surface area contributed by atoms with Crippen LogP contribution in [0.4, 0.5) is 5.00 Å². The summed E-state index contributed by atoms with van der Waals surface area (Å²) in [6, 6.07) is 9.43. The van der Waals surface area contributed by atoms with Gasteiger partial charge in [0.25, 0.3) is 5.89 Å². The first-order valence-corrected chi connectivity index (χ1v) is 6.83. The van der Waals surface area contributed by atoms with Gasteiger partial charge in [-0.25, -0.2) is 0 Å². The molecule has 2 aromatic heterocycles. The Balaban J connectivity index is 1.95. The lowest BCUT2D eigenvalue weighted by Crippen LogP contribution is -1.85. The van der Waals surface area contributed by atoms with Gasteiger partial charge in [0.1, 0.15) is 5.75 Å². The Labute approximate surface area is 120 Å². The molecule has 20 heavy (non-hydrogen) atoms. The van der Waals surface area contributed by atoms with E-state index in [0.29, 0.717) is 16.7 Å². The molecule has 0 amide bonds. The van der Waals surface area contributed by atoms with Crippen molar-refractivity contribution in [3.05, 3.63) is 35.2 Å². The molecule has 6 heteroatoms. The molecular formula is C14H13N3O2S. The molecule has 3 aromatic rings. The predicted octanol–water partition coefficient (Wildman–Crippen LogP) is 3.36. The molecule has 0 saturated carbocycles. The van der Waals surface area contributed by atoms with Gasteiger partial charge >= 0.3 is 0 Å². The van der Waals surface area contributed by atoms with Crippen LogP contribution in [0, 0.1) is 6.92 Å². The molecule has 0 bridgehead atoms. The summed E-state index contributed by atoms with van der Waals surface area (Å²) < 4.78 is 10.4. The van der Waals surface area contributed by atoms with E-state index in [0.717, 1.165) is 21.8 Å². The number of nitrogens with zero attached hydrogens (tertiary/aromatic N) is 2. The monoisotopic (exact) mass is 287 g/mol. The molecule has 5 nitrogen and oxygen atoms in total. The van der Waals surface area contributed by atoms with Crippen molar-refractivity contribution in [2.24, 2.45) is 0 Å². The van der Waals surface area contributed by atoms with Gasteiger partial charge in [-0.05, 0) is 37.3 Å². The number of nitrogens with two attached hydrogens (primary N) is 1. The Morgan fingerprint density at radius 3 is 2.60 bits per heavy atom. The van der Waals surface area contributed by atoms with Crippen molar-refractivity contribution in [3.8, 4) is 28.6 Å². The molecule has 102 valence electrons. The van der Waals surface area contributed by atoms with Gasteiger partial charge in [-0.3, -0.25) is 0 Å². The van der Waals surface area contributed by atoms with Crippen molar-refractivity contribution in [2.45, 2.75) is 6.92 Å². The number of anilines is 1. The number of hydrogen-bond acceptors (Lipinski definition) is 6. The zero-order chi connectivity index (χ0) is 14.1. The zero-order valence-corrected chi connectivity index (χ0v) is 11.9. The smallest absolute Gasteiger partial charge is 0.261 e. The minimum absolute atomic E-state index is 0.442. The summed E-state index contributed by atoms with van der Waals surface area (Å²) in [4.78, 5) is 5.50. The van der Waals surface area contributed by atoms with Crippen molar-refractivity contribution in [1.82, 2.24) is 10.1 Å². The van der Waals surface area contributed by atoms with E-state index in [1.165, 1.54) is 11.3 Å². The number of nitrogen functional groups attached to an aromatic ring is 1. The van der Waals surface area contributed by atoms with Gasteiger partial charge < -0.3 is 15.0 Å². The van der Waals surface area contributed by atoms with Crippen molar-refractivity contribution in [3.63, 3.8) is 0 Å². The topological polar surface area (TPSA) is 74.2 Å². The van der Waals surface area contributed by atoms with Crippen molar-refractivity contribution >= 4 is 16.3 Å². The van der Waals surface area contributed by atoms with Crippen LogP contribution in [-0.4, -0.2) is 17.3 Å². The summed E-state index contributed by atoms with van der Waals surface area (Å²) in [6.07, 6.45) is 0. The summed E-state index contributed by atoms with van der Waals surface area (Å²) >= 11 is 1.51. The fourth-order valence-electron chi connectivity index (χ4n) is 1.89. The maximum Gasteiger partial charge on any atom is 0.261 e. The first-order chi connectivity index (χ1) is 9.67. The largest absolute Gasteiger partial charge is 0.497 e. The number of methoxy groups -OCH3 is 1. The standard InChI is InChI=1S/C14H13N3O2S/c1-8-7-11(12(15)20-8)14-16-13(17-19-14)9-3-5-10(18-2)6-4-9/h3-7H,15H2,1-2H3. The van der Waals surface area contributed by atoms with Gasteiger partial charge in [0.2, 0.25) is 5.82 Å². The van der Waals surface area contributed by atoms with Gasteiger partial charge in [0.15, 0.2) is 0 Å². The van der Waals surface area contributed by atoms with Crippen molar-refractivity contribution in [1.29, 1.82) is 0 Å². The summed E-state index contributed by atoms with van der Waals surface area (Å²) in [5.41, 5.74) is 7.59. The number of rotatable bonds is 3.